The molecular formula is C26H32F3N3O5. The van der Waals surface area contributed by atoms with E-state index < -0.39 is 29.7 Å². The Hall–Kier alpha value is -3.08. The second-order valence-corrected chi connectivity index (χ2v) is 10.3. The largest absolute Gasteiger partial charge is 0.493 e. The lowest BCUT2D eigenvalue weighted by Gasteiger charge is -2.43. The van der Waals surface area contributed by atoms with Gasteiger partial charge in [0.05, 0.1) is 12.3 Å². The van der Waals surface area contributed by atoms with Gasteiger partial charge in [-0.05, 0) is 51.3 Å². The van der Waals surface area contributed by atoms with E-state index in [4.69, 9.17) is 14.0 Å². The summed E-state index contributed by atoms with van der Waals surface area (Å²) in [4.78, 5) is 28.5. The SMILES string of the molecule is Cc1nocc1C(=O)N1CCC2(CCN(Cc3ccccc3OCC(C)C)CC2)C1OC(=O)C(F)(F)F. The van der Waals surface area contributed by atoms with Crippen LogP contribution in [-0.2, 0) is 16.1 Å². The summed E-state index contributed by atoms with van der Waals surface area (Å²) in [5.74, 6) is -1.66. The van der Waals surface area contributed by atoms with Gasteiger partial charge in [0, 0.05) is 24.1 Å². The maximum absolute atomic E-state index is 13.2. The molecule has 1 unspecified atom stereocenters. The van der Waals surface area contributed by atoms with Crippen molar-refractivity contribution in [1.82, 2.24) is 15.0 Å². The third kappa shape index (κ3) is 5.92. The Morgan fingerprint density at radius 3 is 2.46 bits per heavy atom. The molecule has 1 spiro atoms. The molecule has 1 amide bonds. The van der Waals surface area contributed by atoms with E-state index >= 15 is 0 Å². The lowest BCUT2D eigenvalue weighted by atomic mass is 9.76. The van der Waals surface area contributed by atoms with Crippen molar-refractivity contribution in [3.8, 4) is 5.75 Å². The highest BCUT2D eigenvalue weighted by molar-refractivity contribution is 5.95. The highest BCUT2D eigenvalue weighted by atomic mass is 19.4. The van der Waals surface area contributed by atoms with E-state index in [0.29, 0.717) is 57.1 Å². The Labute approximate surface area is 213 Å². The number of para-hydroxylation sites is 1. The molecule has 1 aromatic heterocycles. The first kappa shape index (κ1) is 27.0. The number of amides is 1. The first-order valence-corrected chi connectivity index (χ1v) is 12.4. The number of piperidine rings is 1. The zero-order chi connectivity index (χ0) is 26.8. The molecule has 1 aromatic carbocycles. The Balaban J connectivity index is 1.49. The van der Waals surface area contributed by atoms with Crippen LogP contribution in [0.1, 0.15) is 54.7 Å². The number of hydrogen-bond acceptors (Lipinski definition) is 7. The first-order valence-electron chi connectivity index (χ1n) is 12.4. The molecular weight excluding hydrogens is 491 g/mol. The van der Waals surface area contributed by atoms with Crippen LogP contribution in [0.2, 0.25) is 0 Å². The average Bonchev–Trinajstić information content (AvgIpc) is 3.43. The Morgan fingerprint density at radius 2 is 1.84 bits per heavy atom. The van der Waals surface area contributed by atoms with E-state index in [0.717, 1.165) is 17.6 Å². The van der Waals surface area contributed by atoms with Crippen LogP contribution in [0.15, 0.2) is 35.1 Å². The van der Waals surface area contributed by atoms with E-state index in [9.17, 15) is 22.8 Å². The maximum Gasteiger partial charge on any atom is 0.491 e. The van der Waals surface area contributed by atoms with E-state index in [-0.39, 0.29) is 12.1 Å². The van der Waals surface area contributed by atoms with Crippen molar-refractivity contribution in [2.45, 2.75) is 59.0 Å². The van der Waals surface area contributed by atoms with Crippen LogP contribution in [0.5, 0.6) is 5.75 Å². The number of aryl methyl sites for hydroxylation is 1. The van der Waals surface area contributed by atoms with Crippen molar-refractivity contribution in [2.75, 3.05) is 26.2 Å². The quantitative estimate of drug-likeness (QED) is 0.491. The molecule has 2 fully saturated rings. The normalized spacial score (nSPS) is 20.0. The molecule has 2 saturated heterocycles. The average molecular weight is 524 g/mol. The Bertz CT molecular complexity index is 1110. The topological polar surface area (TPSA) is 85.1 Å². The minimum Gasteiger partial charge on any atom is -0.493 e. The van der Waals surface area contributed by atoms with Gasteiger partial charge < -0.3 is 18.9 Å². The van der Waals surface area contributed by atoms with Crippen molar-refractivity contribution in [3.05, 3.63) is 47.3 Å². The van der Waals surface area contributed by atoms with Crippen LogP contribution in [0.25, 0.3) is 0 Å². The summed E-state index contributed by atoms with van der Waals surface area (Å²) >= 11 is 0. The molecule has 0 saturated carbocycles. The first-order chi connectivity index (χ1) is 17.5. The van der Waals surface area contributed by atoms with Gasteiger partial charge in [-0.3, -0.25) is 9.69 Å². The predicted molar refractivity (Wildman–Crippen MR) is 127 cm³/mol. The molecule has 4 rings (SSSR count). The van der Waals surface area contributed by atoms with Gasteiger partial charge in [0.1, 0.15) is 17.6 Å². The van der Waals surface area contributed by atoms with Gasteiger partial charge >= 0.3 is 12.1 Å². The maximum atomic E-state index is 13.2. The second-order valence-electron chi connectivity index (χ2n) is 10.3. The molecule has 2 aliphatic rings. The summed E-state index contributed by atoms with van der Waals surface area (Å²) < 4.78 is 55.3. The number of halogens is 3. The van der Waals surface area contributed by atoms with Gasteiger partial charge in [0.15, 0.2) is 6.23 Å². The Morgan fingerprint density at radius 1 is 1.16 bits per heavy atom. The number of alkyl halides is 3. The molecule has 2 aromatic rings. The van der Waals surface area contributed by atoms with Crippen LogP contribution < -0.4 is 4.74 Å². The molecule has 8 nitrogen and oxygen atoms in total. The number of carbonyl (C=O) groups excluding carboxylic acids is 2. The molecule has 1 atom stereocenters. The molecule has 0 aliphatic carbocycles. The van der Waals surface area contributed by atoms with Crippen molar-refractivity contribution in [1.29, 1.82) is 0 Å². The summed E-state index contributed by atoms with van der Waals surface area (Å²) in [5, 5.41) is 3.69. The number of ether oxygens (including phenoxy) is 2. The summed E-state index contributed by atoms with van der Waals surface area (Å²) in [6.07, 6.45) is -3.94. The summed E-state index contributed by atoms with van der Waals surface area (Å²) in [6.45, 7) is 8.27. The summed E-state index contributed by atoms with van der Waals surface area (Å²) in [6, 6.07) is 7.81. The molecule has 11 heteroatoms. The predicted octanol–water partition coefficient (Wildman–Crippen LogP) is 4.58. The number of rotatable bonds is 7. The smallest absolute Gasteiger partial charge is 0.491 e. The fourth-order valence-corrected chi connectivity index (χ4v) is 5.06. The third-order valence-electron chi connectivity index (χ3n) is 7.14. The number of carbonyl (C=O) groups is 2. The molecule has 3 heterocycles. The standard InChI is InChI=1S/C26H32F3N3O5/c1-17(2)15-35-21-7-5-4-6-19(21)14-31-11-8-25(9-12-31)10-13-32(22(33)20-16-36-30-18(20)3)23(25)37-24(34)26(27,28)29/h4-7,16-17,23H,8-15H2,1-3H3. The fourth-order valence-electron chi connectivity index (χ4n) is 5.06. The number of hydrogen-bond donors (Lipinski definition) is 0. The second kappa shape index (κ2) is 10.7. The van der Waals surface area contributed by atoms with Gasteiger partial charge in [0.25, 0.3) is 5.91 Å². The van der Waals surface area contributed by atoms with Crippen molar-refractivity contribution in [2.24, 2.45) is 11.3 Å². The molecule has 37 heavy (non-hydrogen) atoms. The molecule has 2 aliphatic heterocycles. The highest BCUT2D eigenvalue weighted by Gasteiger charge is 2.55. The van der Waals surface area contributed by atoms with Gasteiger partial charge in [-0.1, -0.05) is 37.2 Å². The van der Waals surface area contributed by atoms with Gasteiger partial charge in [-0.15, -0.1) is 0 Å². The number of nitrogens with zero attached hydrogens (tertiary/aromatic N) is 3. The zero-order valence-corrected chi connectivity index (χ0v) is 21.2. The number of aromatic nitrogens is 1. The molecule has 0 bridgehead atoms. The van der Waals surface area contributed by atoms with Gasteiger partial charge in [0.2, 0.25) is 0 Å². The Kier molecular flexibility index (Phi) is 7.82. The van der Waals surface area contributed by atoms with E-state index in [1.165, 1.54) is 4.90 Å². The fraction of sp³-hybridized carbons (Fsp3) is 0.577. The monoisotopic (exact) mass is 523 g/mol. The number of likely N-dealkylation sites (tertiary alicyclic amines) is 2. The van der Waals surface area contributed by atoms with E-state index in [2.05, 4.69) is 23.9 Å². The minimum absolute atomic E-state index is 0.139. The molecule has 202 valence electrons. The van der Waals surface area contributed by atoms with Crippen LogP contribution in [0.4, 0.5) is 13.2 Å². The van der Waals surface area contributed by atoms with E-state index in [1.54, 1.807) is 6.92 Å². The van der Waals surface area contributed by atoms with E-state index in [1.807, 2.05) is 24.3 Å². The van der Waals surface area contributed by atoms with Gasteiger partial charge in [-0.2, -0.15) is 13.2 Å². The third-order valence-corrected chi connectivity index (χ3v) is 7.14. The zero-order valence-electron chi connectivity index (χ0n) is 21.2. The minimum atomic E-state index is -5.16. The lowest BCUT2D eigenvalue weighted by molar-refractivity contribution is -0.217. The molecule has 0 radical (unpaired) electrons. The van der Waals surface area contributed by atoms with Crippen LogP contribution in [0.3, 0.4) is 0 Å². The van der Waals surface area contributed by atoms with Crippen LogP contribution >= 0.6 is 0 Å². The van der Waals surface area contributed by atoms with Crippen LogP contribution in [0, 0.1) is 18.3 Å². The highest BCUT2D eigenvalue weighted by Crippen LogP contribution is 2.47. The number of benzene rings is 1. The van der Waals surface area contributed by atoms with Crippen molar-refractivity contribution < 1.29 is 36.8 Å². The summed E-state index contributed by atoms with van der Waals surface area (Å²) in [5.41, 5.74) is 0.720. The number of esters is 1. The summed E-state index contributed by atoms with van der Waals surface area (Å²) in [7, 11) is 0. The van der Waals surface area contributed by atoms with Crippen molar-refractivity contribution in [3.63, 3.8) is 0 Å². The molecule has 0 N–H and O–H groups in total. The van der Waals surface area contributed by atoms with Crippen molar-refractivity contribution >= 4 is 11.9 Å². The van der Waals surface area contributed by atoms with Gasteiger partial charge in [-0.25, -0.2) is 4.79 Å². The van der Waals surface area contributed by atoms with Crippen LogP contribution in [-0.4, -0.2) is 65.5 Å². The lowest BCUT2D eigenvalue weighted by Crippen LogP contribution is -2.51.